The van der Waals surface area contributed by atoms with Crippen LogP contribution in [0.5, 0.6) is 5.88 Å². The molecule has 0 aliphatic rings. The van der Waals surface area contributed by atoms with E-state index in [1.54, 1.807) is 6.92 Å². The topological polar surface area (TPSA) is 90.2 Å². The SMILES string of the molecule is CCCc1nc(NC(C)C)c([N+](=O)[O-])c(OCC)n1. The lowest BCUT2D eigenvalue weighted by molar-refractivity contribution is -0.385. The molecule has 0 amide bonds. The average molecular weight is 268 g/mol. The van der Waals surface area contributed by atoms with Crippen LogP contribution in [0.1, 0.15) is 39.9 Å². The van der Waals surface area contributed by atoms with Crippen LogP contribution in [0.15, 0.2) is 0 Å². The predicted molar refractivity (Wildman–Crippen MR) is 72.6 cm³/mol. The second-order valence-electron chi connectivity index (χ2n) is 4.38. The molecule has 0 saturated carbocycles. The Morgan fingerprint density at radius 1 is 1.37 bits per heavy atom. The molecule has 0 aliphatic carbocycles. The van der Waals surface area contributed by atoms with E-state index in [2.05, 4.69) is 15.3 Å². The molecule has 7 nitrogen and oxygen atoms in total. The van der Waals surface area contributed by atoms with E-state index in [0.29, 0.717) is 18.9 Å². The number of aryl methyl sites for hydroxylation is 1. The molecule has 0 bridgehead atoms. The van der Waals surface area contributed by atoms with Gasteiger partial charge in [-0.1, -0.05) is 6.92 Å². The highest BCUT2D eigenvalue weighted by Crippen LogP contribution is 2.32. The number of nitro groups is 1. The summed E-state index contributed by atoms with van der Waals surface area (Å²) in [6, 6.07) is 0.0394. The van der Waals surface area contributed by atoms with Gasteiger partial charge >= 0.3 is 5.69 Å². The van der Waals surface area contributed by atoms with Gasteiger partial charge in [0.25, 0.3) is 5.88 Å². The van der Waals surface area contributed by atoms with Crippen molar-refractivity contribution in [1.29, 1.82) is 0 Å². The number of aromatic nitrogens is 2. The molecule has 1 heterocycles. The highest BCUT2D eigenvalue weighted by atomic mass is 16.6. The van der Waals surface area contributed by atoms with Gasteiger partial charge in [0.15, 0.2) is 0 Å². The quantitative estimate of drug-likeness (QED) is 0.603. The molecular formula is C12H20N4O3. The molecule has 0 aromatic carbocycles. The molecular weight excluding hydrogens is 248 g/mol. The van der Waals surface area contributed by atoms with Crippen molar-refractivity contribution in [3.05, 3.63) is 15.9 Å². The van der Waals surface area contributed by atoms with Gasteiger partial charge in [-0.15, -0.1) is 0 Å². The zero-order valence-corrected chi connectivity index (χ0v) is 11.8. The zero-order valence-electron chi connectivity index (χ0n) is 11.8. The smallest absolute Gasteiger partial charge is 0.372 e. The molecule has 19 heavy (non-hydrogen) atoms. The van der Waals surface area contributed by atoms with Gasteiger partial charge in [-0.25, -0.2) is 4.98 Å². The van der Waals surface area contributed by atoms with Gasteiger partial charge in [0.1, 0.15) is 5.82 Å². The molecule has 0 unspecified atom stereocenters. The maximum atomic E-state index is 11.2. The molecule has 1 rings (SSSR count). The molecule has 106 valence electrons. The molecule has 0 saturated heterocycles. The van der Waals surface area contributed by atoms with Crippen molar-refractivity contribution < 1.29 is 9.66 Å². The minimum absolute atomic E-state index is 0.0362. The number of ether oxygens (including phenoxy) is 1. The lowest BCUT2D eigenvalue weighted by atomic mass is 10.3. The highest BCUT2D eigenvalue weighted by Gasteiger charge is 2.26. The third kappa shape index (κ3) is 4.04. The number of anilines is 1. The van der Waals surface area contributed by atoms with E-state index in [-0.39, 0.29) is 23.4 Å². The van der Waals surface area contributed by atoms with Gasteiger partial charge in [-0.2, -0.15) is 4.98 Å². The predicted octanol–water partition coefficient (Wildman–Crippen LogP) is 2.56. The number of nitrogens with zero attached hydrogens (tertiary/aromatic N) is 3. The first-order valence-electron chi connectivity index (χ1n) is 6.44. The van der Waals surface area contributed by atoms with Crippen LogP contribution in [0.2, 0.25) is 0 Å². The van der Waals surface area contributed by atoms with Gasteiger partial charge in [0.05, 0.1) is 11.5 Å². The van der Waals surface area contributed by atoms with Crippen molar-refractivity contribution >= 4 is 11.5 Å². The fourth-order valence-electron chi connectivity index (χ4n) is 1.59. The fourth-order valence-corrected chi connectivity index (χ4v) is 1.59. The Kier molecular flexibility index (Phi) is 5.47. The molecule has 1 aromatic rings. The Balaban J connectivity index is 3.32. The first-order valence-corrected chi connectivity index (χ1v) is 6.44. The zero-order chi connectivity index (χ0) is 14.4. The van der Waals surface area contributed by atoms with Crippen molar-refractivity contribution in [2.75, 3.05) is 11.9 Å². The van der Waals surface area contributed by atoms with E-state index >= 15 is 0 Å². The Morgan fingerprint density at radius 3 is 2.53 bits per heavy atom. The van der Waals surface area contributed by atoms with Gasteiger partial charge in [-0.3, -0.25) is 10.1 Å². The van der Waals surface area contributed by atoms with Gasteiger partial charge in [-0.05, 0) is 27.2 Å². The molecule has 0 radical (unpaired) electrons. The Bertz CT molecular complexity index is 449. The number of hydrogen-bond donors (Lipinski definition) is 1. The van der Waals surface area contributed by atoms with E-state index in [1.807, 2.05) is 20.8 Å². The molecule has 1 N–H and O–H groups in total. The second-order valence-corrected chi connectivity index (χ2v) is 4.38. The van der Waals surface area contributed by atoms with Crippen LogP contribution in [-0.2, 0) is 6.42 Å². The molecule has 0 fully saturated rings. The summed E-state index contributed by atoms with van der Waals surface area (Å²) >= 11 is 0. The molecule has 0 atom stereocenters. The third-order valence-corrected chi connectivity index (χ3v) is 2.26. The lowest BCUT2D eigenvalue weighted by Gasteiger charge is -2.12. The number of hydrogen-bond acceptors (Lipinski definition) is 6. The molecule has 0 aliphatic heterocycles. The van der Waals surface area contributed by atoms with E-state index in [1.165, 1.54) is 0 Å². The lowest BCUT2D eigenvalue weighted by Crippen LogP contribution is -2.15. The Labute approximate surface area is 112 Å². The first kappa shape index (κ1) is 15.1. The highest BCUT2D eigenvalue weighted by molar-refractivity contribution is 5.62. The largest absolute Gasteiger partial charge is 0.473 e. The summed E-state index contributed by atoms with van der Waals surface area (Å²) in [6.45, 7) is 7.88. The van der Waals surface area contributed by atoms with Crippen molar-refractivity contribution in [3.63, 3.8) is 0 Å². The van der Waals surface area contributed by atoms with Crippen molar-refractivity contribution in [2.45, 2.75) is 46.6 Å². The summed E-state index contributed by atoms with van der Waals surface area (Å²) in [6.07, 6.45) is 1.52. The summed E-state index contributed by atoms with van der Waals surface area (Å²) in [5.74, 6) is 0.815. The monoisotopic (exact) mass is 268 g/mol. The fraction of sp³-hybridized carbons (Fsp3) is 0.667. The minimum Gasteiger partial charge on any atom is -0.473 e. The van der Waals surface area contributed by atoms with Gasteiger partial charge in [0.2, 0.25) is 5.82 Å². The van der Waals surface area contributed by atoms with E-state index in [4.69, 9.17) is 4.74 Å². The Morgan fingerprint density at radius 2 is 2.05 bits per heavy atom. The summed E-state index contributed by atoms with van der Waals surface area (Å²) in [5.41, 5.74) is -0.199. The number of nitrogens with one attached hydrogen (secondary N) is 1. The standard InChI is InChI=1S/C12H20N4O3/c1-5-7-9-14-11(13-8(3)4)10(16(17)18)12(15-9)19-6-2/h8H,5-7H2,1-4H3,(H,13,14,15). The summed E-state index contributed by atoms with van der Waals surface area (Å²) in [5, 5.41) is 14.2. The minimum atomic E-state index is -0.508. The van der Waals surface area contributed by atoms with Crippen molar-refractivity contribution in [3.8, 4) is 5.88 Å². The third-order valence-electron chi connectivity index (χ3n) is 2.26. The van der Waals surface area contributed by atoms with Crippen molar-refractivity contribution in [1.82, 2.24) is 9.97 Å². The summed E-state index contributed by atoms with van der Waals surface area (Å²) in [4.78, 5) is 19.0. The maximum Gasteiger partial charge on any atom is 0.372 e. The Hall–Kier alpha value is -1.92. The van der Waals surface area contributed by atoms with E-state index in [9.17, 15) is 10.1 Å². The van der Waals surface area contributed by atoms with Crippen LogP contribution in [0, 0.1) is 10.1 Å². The van der Waals surface area contributed by atoms with Crippen LogP contribution >= 0.6 is 0 Å². The van der Waals surface area contributed by atoms with E-state index in [0.717, 1.165) is 6.42 Å². The second kappa shape index (κ2) is 6.86. The van der Waals surface area contributed by atoms with Crippen LogP contribution in [-0.4, -0.2) is 27.5 Å². The molecule has 7 heteroatoms. The first-order chi connectivity index (χ1) is 8.99. The number of rotatable bonds is 7. The molecule has 1 aromatic heterocycles. The summed E-state index contributed by atoms with van der Waals surface area (Å²) in [7, 11) is 0. The van der Waals surface area contributed by atoms with Crippen LogP contribution in [0.4, 0.5) is 11.5 Å². The van der Waals surface area contributed by atoms with Crippen molar-refractivity contribution in [2.24, 2.45) is 0 Å². The van der Waals surface area contributed by atoms with E-state index < -0.39 is 4.92 Å². The van der Waals surface area contributed by atoms with Crippen LogP contribution in [0.3, 0.4) is 0 Å². The van der Waals surface area contributed by atoms with Gasteiger partial charge < -0.3 is 10.1 Å². The maximum absolute atomic E-state index is 11.2. The van der Waals surface area contributed by atoms with Crippen LogP contribution in [0.25, 0.3) is 0 Å². The summed E-state index contributed by atoms with van der Waals surface area (Å²) < 4.78 is 5.27. The normalized spacial score (nSPS) is 10.6. The van der Waals surface area contributed by atoms with Gasteiger partial charge in [0, 0.05) is 12.5 Å². The van der Waals surface area contributed by atoms with Crippen LogP contribution < -0.4 is 10.1 Å². The average Bonchev–Trinajstić information content (AvgIpc) is 2.28. The molecule has 0 spiro atoms.